The van der Waals surface area contributed by atoms with Crippen molar-refractivity contribution in [2.24, 2.45) is 0 Å². The Morgan fingerprint density at radius 3 is 2.06 bits per heavy atom. The van der Waals surface area contributed by atoms with Gasteiger partial charge < -0.3 is 13.4 Å². The van der Waals surface area contributed by atoms with Crippen LogP contribution in [-0.2, 0) is 0 Å². The average Bonchev–Trinajstić information content (AvgIpc) is 4.08. The number of benzene rings is 10. The van der Waals surface area contributed by atoms with Crippen molar-refractivity contribution < 1.29 is 4.42 Å². The minimum atomic E-state index is 0.687. The van der Waals surface area contributed by atoms with Gasteiger partial charge in [0, 0.05) is 74.4 Å². The molecule has 0 aliphatic heterocycles. The summed E-state index contributed by atoms with van der Waals surface area (Å²) < 4.78 is 14.1. The van der Waals surface area contributed by atoms with Gasteiger partial charge in [0.1, 0.15) is 11.2 Å². The molecule has 6 aromatic heterocycles. The molecular weight excluding hydrogens is 801 g/mol. The molecule has 0 N–H and O–H groups in total. The van der Waals surface area contributed by atoms with Crippen LogP contribution in [0.15, 0.2) is 186 Å². The third-order valence-corrected chi connectivity index (χ3v) is 15.2. The minimum Gasteiger partial charge on any atom is -0.456 e. The molecule has 0 aliphatic carbocycles. The summed E-state index contributed by atoms with van der Waals surface area (Å²) >= 11 is 1.89. The van der Waals surface area contributed by atoms with Gasteiger partial charge in [0.05, 0.1) is 44.5 Å². The Hall–Kier alpha value is -8.32. The number of hydrogen-bond acceptors (Lipinski definition) is 4. The molecule has 10 aromatic carbocycles. The molecule has 0 saturated carbocycles. The van der Waals surface area contributed by atoms with Crippen LogP contribution in [0, 0.1) is 0 Å². The number of fused-ring (bicyclic) bond motifs is 11. The zero-order valence-electron chi connectivity index (χ0n) is 33.9. The Kier molecular flexibility index (Phi) is 6.13. The lowest BCUT2D eigenvalue weighted by Gasteiger charge is -2.16. The van der Waals surface area contributed by atoms with E-state index in [0.717, 1.165) is 76.9 Å². The molecule has 6 heterocycles. The first-order valence-corrected chi connectivity index (χ1v) is 22.6. The van der Waals surface area contributed by atoms with Crippen molar-refractivity contribution in [1.29, 1.82) is 0 Å². The number of para-hydroxylation sites is 2. The van der Waals surface area contributed by atoms with Gasteiger partial charge in [-0.15, -0.1) is 11.3 Å². The van der Waals surface area contributed by atoms with Crippen LogP contribution < -0.4 is 0 Å². The lowest BCUT2D eigenvalue weighted by atomic mass is 9.96. The number of thiophene rings is 1. The maximum absolute atomic E-state index is 6.43. The van der Waals surface area contributed by atoms with Gasteiger partial charge in [-0.3, -0.25) is 0 Å². The van der Waals surface area contributed by atoms with Crippen LogP contribution in [0.2, 0.25) is 0 Å². The fourth-order valence-corrected chi connectivity index (χ4v) is 12.6. The van der Waals surface area contributed by atoms with Gasteiger partial charge in [-0.05, 0) is 82.9 Å². The SMILES string of the molecule is c1ccc2c(c1)ccc1nc(-c3ccc(-n4c5ccc6sc7cccc8c7c6c5c5c4ccc4c6ccccc6n8c45)c4ccccc34)nc(-c3cccc4oc5ccccc5c34)c12. The van der Waals surface area contributed by atoms with E-state index in [-0.39, 0.29) is 0 Å². The first kappa shape index (κ1) is 33.3. The number of aromatic nitrogens is 4. The Morgan fingerprint density at radius 2 is 1.12 bits per heavy atom. The molecule has 0 aliphatic rings. The van der Waals surface area contributed by atoms with Gasteiger partial charge in [-0.1, -0.05) is 115 Å². The first-order chi connectivity index (χ1) is 31.8. The van der Waals surface area contributed by atoms with Crippen LogP contribution >= 0.6 is 11.3 Å². The summed E-state index contributed by atoms with van der Waals surface area (Å²) in [6.07, 6.45) is 0. The van der Waals surface area contributed by atoms with E-state index in [2.05, 4.69) is 179 Å². The van der Waals surface area contributed by atoms with Gasteiger partial charge >= 0.3 is 0 Å². The molecule has 0 unspecified atom stereocenters. The summed E-state index contributed by atoms with van der Waals surface area (Å²) in [5.41, 5.74) is 12.8. The molecule has 0 amide bonds. The molecule has 16 rings (SSSR count). The lowest BCUT2D eigenvalue weighted by Crippen LogP contribution is -1.99. The minimum absolute atomic E-state index is 0.687. The zero-order valence-corrected chi connectivity index (χ0v) is 34.7. The lowest BCUT2D eigenvalue weighted by molar-refractivity contribution is 0.669. The summed E-state index contributed by atoms with van der Waals surface area (Å²) in [5, 5.41) is 15.5. The molecule has 294 valence electrons. The standard InChI is InChI=1S/C58H30N4OS/c1-2-12-32-31(11-1)23-26-40-51(32)56(39-17-9-21-47-50(39)38-16-6-8-20-46(38)63-47)60-58(59-40)37-25-27-42(34-14-4-3-13-33(34)37)61-44-29-30-49-55-52-43(19-10-22-48(52)64-49)62-41-18-7-5-15-35(41)36-24-28-45(61)54(53(44)55)57(36)62/h1-30H. The quantitative estimate of drug-likeness (QED) is 0.167. The molecule has 0 saturated heterocycles. The Morgan fingerprint density at radius 1 is 0.391 bits per heavy atom. The van der Waals surface area contributed by atoms with E-state index in [0.29, 0.717) is 5.82 Å². The van der Waals surface area contributed by atoms with E-state index in [1.54, 1.807) is 0 Å². The predicted octanol–water partition coefficient (Wildman–Crippen LogP) is 16.1. The van der Waals surface area contributed by atoms with Crippen molar-refractivity contribution >= 4 is 135 Å². The Balaban J connectivity index is 1.01. The third-order valence-electron chi connectivity index (χ3n) is 14.0. The van der Waals surface area contributed by atoms with Crippen molar-refractivity contribution in [2.75, 3.05) is 0 Å². The highest BCUT2D eigenvalue weighted by molar-refractivity contribution is 7.26. The van der Waals surface area contributed by atoms with Crippen molar-refractivity contribution in [1.82, 2.24) is 18.9 Å². The van der Waals surface area contributed by atoms with E-state index in [1.165, 1.54) is 69.3 Å². The second-order valence-corrected chi connectivity index (χ2v) is 18.2. The normalized spacial score (nSPS) is 12.7. The molecule has 0 bridgehead atoms. The molecule has 0 atom stereocenters. The number of rotatable bonds is 3. The summed E-state index contributed by atoms with van der Waals surface area (Å²) in [4.78, 5) is 11.1. The highest BCUT2D eigenvalue weighted by Gasteiger charge is 2.27. The molecule has 64 heavy (non-hydrogen) atoms. The highest BCUT2D eigenvalue weighted by Crippen LogP contribution is 2.51. The Labute approximate surface area is 366 Å². The van der Waals surface area contributed by atoms with E-state index in [4.69, 9.17) is 14.4 Å². The fraction of sp³-hybridized carbons (Fsp3) is 0. The zero-order chi connectivity index (χ0) is 41.4. The fourth-order valence-electron chi connectivity index (χ4n) is 11.5. The molecule has 0 radical (unpaired) electrons. The van der Waals surface area contributed by atoms with Crippen LogP contribution in [0.4, 0.5) is 0 Å². The molecule has 16 aromatic rings. The van der Waals surface area contributed by atoms with E-state index < -0.39 is 0 Å². The molecule has 0 spiro atoms. The third kappa shape index (κ3) is 4.05. The smallest absolute Gasteiger partial charge is 0.161 e. The van der Waals surface area contributed by atoms with Crippen molar-refractivity contribution in [2.45, 2.75) is 0 Å². The highest BCUT2D eigenvalue weighted by atomic mass is 32.1. The topological polar surface area (TPSA) is 48.3 Å². The molecule has 5 nitrogen and oxygen atoms in total. The maximum Gasteiger partial charge on any atom is 0.161 e. The van der Waals surface area contributed by atoms with Crippen LogP contribution in [0.3, 0.4) is 0 Å². The van der Waals surface area contributed by atoms with Crippen molar-refractivity contribution in [3.8, 4) is 28.3 Å². The van der Waals surface area contributed by atoms with E-state index in [1.807, 2.05) is 23.5 Å². The second kappa shape index (κ2) is 11.8. The van der Waals surface area contributed by atoms with Crippen LogP contribution in [0.5, 0.6) is 0 Å². The van der Waals surface area contributed by atoms with Crippen molar-refractivity contribution in [3.63, 3.8) is 0 Å². The largest absolute Gasteiger partial charge is 0.456 e. The second-order valence-electron chi connectivity index (χ2n) is 17.2. The van der Waals surface area contributed by atoms with Crippen LogP contribution in [-0.4, -0.2) is 18.9 Å². The number of hydrogen-bond donors (Lipinski definition) is 0. The summed E-state index contributed by atoms with van der Waals surface area (Å²) in [6.45, 7) is 0. The van der Waals surface area contributed by atoms with Gasteiger partial charge in [0.15, 0.2) is 5.82 Å². The monoisotopic (exact) mass is 830 g/mol. The Bertz CT molecular complexity index is 4680. The molecule has 6 heteroatoms. The van der Waals surface area contributed by atoms with Crippen LogP contribution in [0.25, 0.3) is 152 Å². The predicted molar refractivity (Wildman–Crippen MR) is 268 cm³/mol. The van der Waals surface area contributed by atoms with Gasteiger partial charge in [0.2, 0.25) is 0 Å². The van der Waals surface area contributed by atoms with Crippen molar-refractivity contribution in [3.05, 3.63) is 182 Å². The van der Waals surface area contributed by atoms with Gasteiger partial charge in [-0.2, -0.15) is 0 Å². The molecule has 0 fully saturated rings. The summed E-state index contributed by atoms with van der Waals surface area (Å²) in [5.74, 6) is 0.687. The number of nitrogens with zero attached hydrogens (tertiary/aromatic N) is 4. The van der Waals surface area contributed by atoms with Crippen LogP contribution in [0.1, 0.15) is 0 Å². The summed E-state index contributed by atoms with van der Waals surface area (Å²) in [7, 11) is 0. The van der Waals surface area contributed by atoms with E-state index in [9.17, 15) is 0 Å². The molecular formula is C58H30N4OS. The van der Waals surface area contributed by atoms with E-state index >= 15 is 0 Å². The van der Waals surface area contributed by atoms with Gasteiger partial charge in [-0.25, -0.2) is 9.97 Å². The summed E-state index contributed by atoms with van der Waals surface area (Å²) in [6, 6.07) is 65.9. The average molecular weight is 831 g/mol. The maximum atomic E-state index is 6.43. The van der Waals surface area contributed by atoms with Gasteiger partial charge in [0.25, 0.3) is 0 Å². The first-order valence-electron chi connectivity index (χ1n) is 21.7. The number of furan rings is 1.